The average molecular weight is 368 g/mol. The Hall–Kier alpha value is -2.11. The van der Waals surface area contributed by atoms with E-state index in [9.17, 15) is 17.6 Å². The van der Waals surface area contributed by atoms with Crippen molar-refractivity contribution < 1.29 is 26.4 Å². The molecule has 1 heterocycles. The van der Waals surface area contributed by atoms with E-state index in [1.807, 2.05) is 0 Å². The Morgan fingerprint density at radius 1 is 0.846 bits per heavy atom. The molecule has 0 spiro atoms. The molecular weight excluding hydrogens is 351 g/mol. The standard InChI is InChI=1S/C20H17F5O/c1-10-2-4-11(5-3-10)12-6-7-13-14-8-9-15(20(23,24)25)17(22)19(14)26-18(13)16(12)21/h6-11H,2-5H2,1H3. The number of rotatable bonds is 1. The predicted molar refractivity (Wildman–Crippen MR) is 89.0 cm³/mol. The van der Waals surface area contributed by atoms with Gasteiger partial charge >= 0.3 is 6.18 Å². The van der Waals surface area contributed by atoms with E-state index >= 15 is 4.39 Å². The molecule has 4 rings (SSSR count). The highest BCUT2D eigenvalue weighted by Gasteiger charge is 2.36. The number of furan rings is 1. The molecule has 0 amide bonds. The summed E-state index contributed by atoms with van der Waals surface area (Å²) in [6.45, 7) is 2.16. The smallest absolute Gasteiger partial charge is 0.419 e. The second-order valence-corrected chi connectivity index (χ2v) is 7.21. The van der Waals surface area contributed by atoms with Gasteiger partial charge in [-0.25, -0.2) is 8.78 Å². The third kappa shape index (κ3) is 2.66. The summed E-state index contributed by atoms with van der Waals surface area (Å²) in [5, 5.41) is 0.436. The molecule has 1 aliphatic rings. The lowest BCUT2D eigenvalue weighted by atomic mass is 9.79. The average Bonchev–Trinajstić information content (AvgIpc) is 2.96. The summed E-state index contributed by atoms with van der Waals surface area (Å²) in [6.07, 6.45) is -1.11. The Labute approximate surface area is 146 Å². The van der Waals surface area contributed by atoms with Crippen molar-refractivity contribution in [3.05, 3.63) is 47.0 Å². The Kier molecular flexibility index (Phi) is 3.97. The molecule has 0 N–H and O–H groups in total. The number of benzene rings is 2. The van der Waals surface area contributed by atoms with E-state index < -0.39 is 29.0 Å². The van der Waals surface area contributed by atoms with E-state index in [1.54, 1.807) is 12.1 Å². The van der Waals surface area contributed by atoms with Gasteiger partial charge in [-0.2, -0.15) is 13.2 Å². The fourth-order valence-electron chi connectivity index (χ4n) is 3.96. The molecule has 1 nitrogen and oxygen atoms in total. The SMILES string of the molecule is CC1CCC(c2ccc3c(oc4c(F)c(C(F)(F)F)ccc43)c2F)CC1. The molecular formula is C20H17F5O. The fourth-order valence-corrected chi connectivity index (χ4v) is 3.96. The van der Waals surface area contributed by atoms with Crippen LogP contribution in [0.15, 0.2) is 28.7 Å². The summed E-state index contributed by atoms with van der Waals surface area (Å²) < 4.78 is 73.2. The number of halogens is 5. The molecule has 0 radical (unpaired) electrons. The first-order valence-electron chi connectivity index (χ1n) is 8.67. The maximum absolute atomic E-state index is 15.0. The topological polar surface area (TPSA) is 13.1 Å². The molecule has 0 unspecified atom stereocenters. The van der Waals surface area contributed by atoms with Crippen LogP contribution in [0, 0.1) is 17.6 Å². The van der Waals surface area contributed by atoms with E-state index in [1.165, 1.54) is 0 Å². The fraction of sp³-hybridized carbons (Fsp3) is 0.400. The number of alkyl halides is 3. The summed E-state index contributed by atoms with van der Waals surface area (Å²) in [6, 6.07) is 5.07. The predicted octanol–water partition coefficient (Wildman–Crippen LogP) is 7.18. The Balaban J connectivity index is 1.87. The highest BCUT2D eigenvalue weighted by atomic mass is 19.4. The Bertz CT molecular complexity index is 977. The summed E-state index contributed by atoms with van der Waals surface area (Å²) in [5.74, 6) is -1.43. The maximum atomic E-state index is 15.0. The Morgan fingerprint density at radius 3 is 2.04 bits per heavy atom. The van der Waals surface area contributed by atoms with Gasteiger partial charge in [0.25, 0.3) is 0 Å². The summed E-state index contributed by atoms with van der Waals surface area (Å²) in [5.41, 5.74) is -1.64. The van der Waals surface area contributed by atoms with Gasteiger partial charge in [0.15, 0.2) is 22.8 Å². The molecule has 1 fully saturated rings. The van der Waals surface area contributed by atoms with Gasteiger partial charge in [0.1, 0.15) is 0 Å². The zero-order chi connectivity index (χ0) is 18.6. The van der Waals surface area contributed by atoms with E-state index in [0.29, 0.717) is 17.5 Å². The lowest BCUT2D eigenvalue weighted by Gasteiger charge is -2.26. The van der Waals surface area contributed by atoms with Crippen molar-refractivity contribution in [1.29, 1.82) is 0 Å². The normalized spacial score (nSPS) is 21.6. The largest absolute Gasteiger partial charge is 0.450 e. The van der Waals surface area contributed by atoms with Crippen LogP contribution >= 0.6 is 0 Å². The van der Waals surface area contributed by atoms with Gasteiger partial charge in [-0.1, -0.05) is 25.8 Å². The molecule has 1 saturated carbocycles. The van der Waals surface area contributed by atoms with Crippen LogP contribution in [0.2, 0.25) is 0 Å². The molecule has 1 aliphatic carbocycles. The van der Waals surface area contributed by atoms with E-state index in [0.717, 1.165) is 31.7 Å². The number of fused-ring (bicyclic) bond motifs is 3. The van der Waals surface area contributed by atoms with Crippen molar-refractivity contribution in [1.82, 2.24) is 0 Å². The molecule has 138 valence electrons. The molecule has 26 heavy (non-hydrogen) atoms. The first-order valence-corrected chi connectivity index (χ1v) is 8.67. The maximum Gasteiger partial charge on any atom is 0.419 e. The molecule has 3 aromatic rings. The van der Waals surface area contributed by atoms with Crippen LogP contribution in [-0.2, 0) is 6.18 Å². The highest BCUT2D eigenvalue weighted by molar-refractivity contribution is 6.05. The van der Waals surface area contributed by atoms with Crippen LogP contribution in [0.1, 0.15) is 49.7 Å². The summed E-state index contributed by atoms with van der Waals surface area (Å²) >= 11 is 0. The van der Waals surface area contributed by atoms with Crippen LogP contribution in [0.25, 0.3) is 21.9 Å². The van der Waals surface area contributed by atoms with Crippen molar-refractivity contribution in [3.8, 4) is 0 Å². The molecule has 0 bridgehead atoms. The minimum absolute atomic E-state index is 0.0550. The lowest BCUT2D eigenvalue weighted by molar-refractivity contribution is -0.139. The quantitative estimate of drug-likeness (QED) is 0.415. The van der Waals surface area contributed by atoms with Gasteiger partial charge in [0, 0.05) is 10.8 Å². The second kappa shape index (κ2) is 5.96. The van der Waals surface area contributed by atoms with Crippen LogP contribution in [0.4, 0.5) is 22.0 Å². The third-order valence-electron chi connectivity index (χ3n) is 5.48. The zero-order valence-electron chi connectivity index (χ0n) is 14.1. The minimum Gasteiger partial charge on any atom is -0.450 e. The van der Waals surface area contributed by atoms with Crippen molar-refractivity contribution in [2.24, 2.45) is 5.92 Å². The van der Waals surface area contributed by atoms with Gasteiger partial charge in [0.2, 0.25) is 0 Å². The van der Waals surface area contributed by atoms with Crippen molar-refractivity contribution in [2.45, 2.75) is 44.7 Å². The number of hydrogen-bond acceptors (Lipinski definition) is 1. The van der Waals surface area contributed by atoms with E-state index in [4.69, 9.17) is 4.42 Å². The van der Waals surface area contributed by atoms with Crippen molar-refractivity contribution in [3.63, 3.8) is 0 Å². The van der Waals surface area contributed by atoms with Gasteiger partial charge in [-0.15, -0.1) is 0 Å². The molecule has 2 aromatic carbocycles. The summed E-state index contributed by atoms with van der Waals surface area (Å²) in [7, 11) is 0. The van der Waals surface area contributed by atoms with Crippen LogP contribution < -0.4 is 0 Å². The first-order chi connectivity index (χ1) is 12.3. The van der Waals surface area contributed by atoms with Gasteiger partial charge < -0.3 is 4.42 Å². The van der Waals surface area contributed by atoms with Gasteiger partial charge in [-0.3, -0.25) is 0 Å². The van der Waals surface area contributed by atoms with Crippen molar-refractivity contribution in [2.75, 3.05) is 0 Å². The van der Waals surface area contributed by atoms with Gasteiger partial charge in [-0.05, 0) is 48.4 Å². The monoisotopic (exact) mass is 368 g/mol. The molecule has 0 aliphatic heterocycles. The van der Waals surface area contributed by atoms with Crippen LogP contribution in [0.3, 0.4) is 0 Å². The third-order valence-corrected chi connectivity index (χ3v) is 5.48. The summed E-state index contributed by atoms with van der Waals surface area (Å²) in [4.78, 5) is 0. The van der Waals surface area contributed by atoms with E-state index in [2.05, 4.69) is 6.92 Å². The molecule has 0 atom stereocenters. The van der Waals surface area contributed by atoms with E-state index in [-0.39, 0.29) is 22.3 Å². The first kappa shape index (κ1) is 17.3. The molecule has 0 saturated heterocycles. The highest BCUT2D eigenvalue weighted by Crippen LogP contribution is 2.42. The van der Waals surface area contributed by atoms with Crippen LogP contribution in [-0.4, -0.2) is 0 Å². The molecule has 6 heteroatoms. The lowest BCUT2D eigenvalue weighted by Crippen LogP contribution is -2.12. The molecule has 1 aromatic heterocycles. The number of hydrogen-bond donors (Lipinski definition) is 0. The minimum atomic E-state index is -4.83. The second-order valence-electron chi connectivity index (χ2n) is 7.21. The van der Waals surface area contributed by atoms with Crippen LogP contribution in [0.5, 0.6) is 0 Å². The Morgan fingerprint density at radius 2 is 1.42 bits per heavy atom. The van der Waals surface area contributed by atoms with Crippen molar-refractivity contribution >= 4 is 21.9 Å². The van der Waals surface area contributed by atoms with Gasteiger partial charge in [0.05, 0.1) is 5.56 Å². The zero-order valence-corrected chi connectivity index (χ0v) is 14.1.